The summed E-state index contributed by atoms with van der Waals surface area (Å²) in [5.41, 5.74) is 2.01. The fourth-order valence-corrected chi connectivity index (χ4v) is 7.16. The Hall–Kier alpha value is -1.91. The third kappa shape index (κ3) is 5.59. The molecule has 1 N–H and O–H groups in total. The lowest BCUT2D eigenvalue weighted by atomic mass is 9.51. The molecule has 196 valence electrons. The van der Waals surface area contributed by atoms with Gasteiger partial charge < -0.3 is 9.94 Å². The molecule has 3 aliphatic rings. The predicted octanol–water partition coefficient (Wildman–Crippen LogP) is 7.13. The molecule has 0 unspecified atom stereocenters. The van der Waals surface area contributed by atoms with E-state index in [2.05, 4.69) is 58.9 Å². The molecular formula is C30H47NO4. The zero-order valence-electron chi connectivity index (χ0n) is 23.0. The molecular weight excluding hydrogens is 438 g/mol. The second-order valence-electron chi connectivity index (χ2n) is 12.3. The fraction of sp³-hybridized carbons (Fsp3) is 0.767. The van der Waals surface area contributed by atoms with Gasteiger partial charge in [-0.05, 0) is 91.9 Å². The molecule has 0 heterocycles. The first-order valence-corrected chi connectivity index (χ1v) is 13.7. The third-order valence-corrected chi connectivity index (χ3v) is 9.91. The Morgan fingerprint density at radius 1 is 1.11 bits per heavy atom. The zero-order chi connectivity index (χ0) is 26.0. The van der Waals surface area contributed by atoms with Crippen molar-refractivity contribution in [2.45, 2.75) is 106 Å². The molecule has 1 fully saturated rings. The molecule has 0 aromatic rings. The summed E-state index contributed by atoms with van der Waals surface area (Å²) in [5.74, 6) is 1.93. The SMILES string of the molecule is CC(=O)O[C@H]1CC[C@]2(C)C3=C(CC[C@H]2C1)C(=O)[C@@](C)([C@H](C/C=N/O)[C@H](C)/C=C/[C@H](C)C(C)C)CC3. The van der Waals surface area contributed by atoms with Crippen LogP contribution in [0.5, 0.6) is 0 Å². The number of ketones is 1. The molecule has 0 amide bonds. The number of nitrogens with zero attached hydrogens (tertiary/aromatic N) is 1. The Balaban J connectivity index is 1.87. The Bertz CT molecular complexity index is 887. The molecule has 0 aromatic heterocycles. The lowest BCUT2D eigenvalue weighted by Crippen LogP contribution is -2.48. The number of carbonyl (C=O) groups excluding carboxylic acids is 2. The normalized spacial score (nSPS) is 34.1. The quantitative estimate of drug-likeness (QED) is 0.130. The van der Waals surface area contributed by atoms with Gasteiger partial charge in [0.2, 0.25) is 0 Å². The van der Waals surface area contributed by atoms with Gasteiger partial charge in [-0.25, -0.2) is 0 Å². The van der Waals surface area contributed by atoms with E-state index in [1.54, 1.807) is 6.21 Å². The first kappa shape index (κ1) is 27.7. The first-order valence-electron chi connectivity index (χ1n) is 13.7. The van der Waals surface area contributed by atoms with Gasteiger partial charge in [-0.1, -0.05) is 59.3 Å². The van der Waals surface area contributed by atoms with Crippen LogP contribution in [0.1, 0.15) is 99.8 Å². The highest BCUT2D eigenvalue weighted by molar-refractivity contribution is 6.02. The second-order valence-corrected chi connectivity index (χ2v) is 12.3. The average Bonchev–Trinajstić information content (AvgIpc) is 2.79. The van der Waals surface area contributed by atoms with Gasteiger partial charge in [-0.2, -0.15) is 0 Å². The van der Waals surface area contributed by atoms with Crippen molar-refractivity contribution in [3.05, 3.63) is 23.3 Å². The summed E-state index contributed by atoms with van der Waals surface area (Å²) < 4.78 is 5.56. The first-order chi connectivity index (χ1) is 16.4. The van der Waals surface area contributed by atoms with Crippen molar-refractivity contribution in [1.29, 1.82) is 0 Å². The van der Waals surface area contributed by atoms with Gasteiger partial charge in [0.15, 0.2) is 5.78 Å². The minimum atomic E-state index is -0.469. The summed E-state index contributed by atoms with van der Waals surface area (Å²) in [6.45, 7) is 14.9. The summed E-state index contributed by atoms with van der Waals surface area (Å²) in [5, 5.41) is 12.5. The van der Waals surface area contributed by atoms with Crippen LogP contribution in [0.3, 0.4) is 0 Å². The van der Waals surface area contributed by atoms with Crippen LogP contribution in [-0.4, -0.2) is 29.3 Å². The molecule has 5 nitrogen and oxygen atoms in total. The van der Waals surface area contributed by atoms with Crippen LogP contribution in [0.25, 0.3) is 0 Å². The van der Waals surface area contributed by atoms with Crippen LogP contribution in [0.4, 0.5) is 0 Å². The van der Waals surface area contributed by atoms with Gasteiger partial charge in [0, 0.05) is 18.6 Å². The van der Waals surface area contributed by atoms with Crippen LogP contribution >= 0.6 is 0 Å². The van der Waals surface area contributed by atoms with Crippen molar-refractivity contribution in [3.8, 4) is 0 Å². The second kappa shape index (κ2) is 11.0. The lowest BCUT2D eigenvalue weighted by molar-refractivity contribution is -0.150. The van der Waals surface area contributed by atoms with Crippen molar-refractivity contribution < 1.29 is 19.5 Å². The summed E-state index contributed by atoms with van der Waals surface area (Å²) in [4.78, 5) is 25.7. The van der Waals surface area contributed by atoms with Gasteiger partial charge in [0.1, 0.15) is 6.10 Å². The maximum absolute atomic E-state index is 14.2. The van der Waals surface area contributed by atoms with Crippen LogP contribution in [0.15, 0.2) is 28.5 Å². The molecule has 35 heavy (non-hydrogen) atoms. The maximum atomic E-state index is 14.2. The topological polar surface area (TPSA) is 76.0 Å². The molecule has 3 rings (SSSR count). The number of rotatable bonds is 8. The van der Waals surface area contributed by atoms with Crippen molar-refractivity contribution in [2.75, 3.05) is 0 Å². The average molecular weight is 486 g/mol. The lowest BCUT2D eigenvalue weighted by Gasteiger charge is -2.53. The van der Waals surface area contributed by atoms with Crippen molar-refractivity contribution in [2.24, 2.45) is 45.6 Å². The largest absolute Gasteiger partial charge is 0.463 e. The van der Waals surface area contributed by atoms with E-state index in [0.29, 0.717) is 30.0 Å². The molecule has 0 aromatic carbocycles. The molecule has 0 spiro atoms. The van der Waals surface area contributed by atoms with Crippen molar-refractivity contribution >= 4 is 18.0 Å². The number of carbonyl (C=O) groups is 2. The van der Waals surface area contributed by atoms with E-state index < -0.39 is 5.41 Å². The van der Waals surface area contributed by atoms with Gasteiger partial charge in [-0.15, -0.1) is 5.16 Å². The minimum Gasteiger partial charge on any atom is -0.463 e. The Labute approximate surface area is 212 Å². The van der Waals surface area contributed by atoms with E-state index in [9.17, 15) is 14.8 Å². The minimum absolute atomic E-state index is 0.0142. The van der Waals surface area contributed by atoms with E-state index in [4.69, 9.17) is 4.74 Å². The summed E-state index contributed by atoms with van der Waals surface area (Å²) >= 11 is 0. The molecule has 0 aliphatic heterocycles. The van der Waals surface area contributed by atoms with Gasteiger partial charge >= 0.3 is 5.97 Å². The van der Waals surface area contributed by atoms with E-state index in [0.717, 1.165) is 50.5 Å². The Morgan fingerprint density at radius 2 is 1.80 bits per heavy atom. The smallest absolute Gasteiger partial charge is 0.302 e. The number of ether oxygens (including phenoxy) is 1. The summed E-state index contributed by atoms with van der Waals surface area (Å²) in [6, 6.07) is 0. The monoisotopic (exact) mass is 485 g/mol. The van der Waals surface area contributed by atoms with E-state index >= 15 is 0 Å². The van der Waals surface area contributed by atoms with E-state index in [-0.39, 0.29) is 29.3 Å². The molecule has 7 atom stereocenters. The zero-order valence-corrected chi connectivity index (χ0v) is 23.0. The van der Waals surface area contributed by atoms with Crippen LogP contribution < -0.4 is 0 Å². The maximum Gasteiger partial charge on any atom is 0.302 e. The summed E-state index contributed by atoms with van der Waals surface area (Å²) in [6.07, 6.45) is 13.1. The number of esters is 1. The molecule has 0 bridgehead atoms. The number of hydrogen-bond donors (Lipinski definition) is 1. The van der Waals surface area contributed by atoms with Crippen LogP contribution in [0.2, 0.25) is 0 Å². The molecule has 0 saturated heterocycles. The van der Waals surface area contributed by atoms with E-state index in [1.807, 2.05) is 0 Å². The number of Topliss-reactive ketones (excluding diaryl/α,β-unsaturated/α-hetero) is 1. The Kier molecular flexibility index (Phi) is 8.70. The highest BCUT2D eigenvalue weighted by atomic mass is 16.5. The van der Waals surface area contributed by atoms with Crippen LogP contribution in [0, 0.1) is 40.4 Å². The number of oxime groups is 1. The van der Waals surface area contributed by atoms with Gasteiger partial charge in [0.25, 0.3) is 0 Å². The van der Waals surface area contributed by atoms with Gasteiger partial charge in [-0.3, -0.25) is 9.59 Å². The molecule has 1 saturated carbocycles. The van der Waals surface area contributed by atoms with E-state index in [1.165, 1.54) is 12.5 Å². The molecule has 5 heteroatoms. The summed E-state index contributed by atoms with van der Waals surface area (Å²) in [7, 11) is 0. The third-order valence-electron chi connectivity index (χ3n) is 9.91. The number of hydrogen-bond acceptors (Lipinski definition) is 5. The van der Waals surface area contributed by atoms with Crippen molar-refractivity contribution in [3.63, 3.8) is 0 Å². The van der Waals surface area contributed by atoms with Crippen molar-refractivity contribution in [1.82, 2.24) is 0 Å². The highest BCUT2D eigenvalue weighted by Crippen LogP contribution is 2.59. The number of allylic oxidation sites excluding steroid dienone is 4. The number of fused-ring (bicyclic) bond motifs is 2. The predicted molar refractivity (Wildman–Crippen MR) is 140 cm³/mol. The highest BCUT2D eigenvalue weighted by Gasteiger charge is 2.53. The van der Waals surface area contributed by atoms with Gasteiger partial charge in [0.05, 0.1) is 0 Å². The standard InChI is InChI=1S/C30H47NO4/c1-19(2)20(3)8-9-21(4)26(14-17-31-34)30(7)16-13-27-25(28(30)33)11-10-23-18-24(35-22(5)32)12-15-29(23,27)6/h8-9,17,19-21,23-24,26,34H,10-16,18H2,1-7H3/b9-8+,31-17+/t20-,21+,23-,24-,26+,29-,30+/m0/s1. The van der Waals surface area contributed by atoms with Crippen LogP contribution in [-0.2, 0) is 14.3 Å². The fourth-order valence-electron chi connectivity index (χ4n) is 7.16. The molecule has 3 aliphatic carbocycles. The molecule has 0 radical (unpaired) electrons. The Morgan fingerprint density at radius 3 is 2.43 bits per heavy atom.